The Bertz CT molecular complexity index is 3060. The number of benzene rings is 5. The van der Waals surface area contributed by atoms with Crippen LogP contribution in [0, 0.1) is 27.7 Å². The second kappa shape index (κ2) is 16.2. The maximum atomic E-state index is 5.12. The van der Waals surface area contributed by atoms with Crippen molar-refractivity contribution in [3.63, 3.8) is 0 Å². The summed E-state index contributed by atoms with van der Waals surface area (Å²) in [6.07, 6.45) is 21.3. The lowest BCUT2D eigenvalue weighted by atomic mass is 10.2. The topological polar surface area (TPSA) is 56.6 Å². The molecular weight excluding hydrogens is 827 g/mol. The molecule has 0 fully saturated rings. The number of rotatable bonds is 9. The Balaban J connectivity index is 0.977. The molecule has 4 aliphatic rings. The monoisotopic (exact) mass is 877 g/mol. The first-order valence-corrected chi connectivity index (χ1v) is 22.9. The number of hydrogen-bond acceptors (Lipinski definition) is 10. The lowest BCUT2D eigenvalue weighted by Crippen LogP contribution is -2.26. The predicted molar refractivity (Wildman–Crippen MR) is 277 cm³/mol. The first-order valence-electron chi connectivity index (χ1n) is 22.9. The largest absolute Gasteiger partial charge is 0.328 e. The van der Waals surface area contributed by atoms with Gasteiger partial charge >= 0.3 is 0 Å². The van der Waals surface area contributed by atoms with Crippen molar-refractivity contribution < 1.29 is 0 Å². The summed E-state index contributed by atoms with van der Waals surface area (Å²) >= 11 is 0. The highest BCUT2D eigenvalue weighted by molar-refractivity contribution is 6.10. The molecule has 0 atom stereocenters. The van der Waals surface area contributed by atoms with Crippen LogP contribution in [-0.2, 0) is 0 Å². The van der Waals surface area contributed by atoms with E-state index in [2.05, 4.69) is 248 Å². The van der Waals surface area contributed by atoms with E-state index in [0.29, 0.717) is 26.7 Å². The molecule has 0 aliphatic carbocycles. The summed E-state index contributed by atoms with van der Waals surface area (Å²) in [5.41, 5.74) is 14.9. The Kier molecular flexibility index (Phi) is 9.71. The second-order valence-electron chi connectivity index (χ2n) is 18.0. The van der Waals surface area contributed by atoms with E-state index in [4.69, 9.17) is 9.97 Å². The fourth-order valence-electron chi connectivity index (χ4n) is 9.34. The van der Waals surface area contributed by atoms with Crippen LogP contribution in [-0.4, -0.2) is 41.2 Å². The molecule has 0 saturated carbocycles. The zero-order valence-corrected chi connectivity index (χ0v) is 38.1. The van der Waals surface area contributed by atoms with Crippen LogP contribution in [0.5, 0.6) is 0 Å². The molecule has 0 bridgehead atoms. The van der Waals surface area contributed by atoms with Gasteiger partial charge in [-0.25, -0.2) is 9.97 Å². The van der Waals surface area contributed by atoms with Crippen LogP contribution in [0.4, 0.5) is 45.8 Å². The third kappa shape index (κ3) is 7.54. The molecule has 7 heterocycles. The quantitative estimate of drug-likeness (QED) is 0.140. The minimum atomic E-state index is 0.656. The van der Waals surface area contributed by atoms with Crippen LogP contribution < -0.4 is 39.2 Å². The smallest absolute Gasteiger partial charge is 0.136 e. The van der Waals surface area contributed by atoms with Crippen molar-refractivity contribution in [3.8, 4) is 5.69 Å². The van der Waals surface area contributed by atoms with E-state index in [1.54, 1.807) is 0 Å². The highest BCUT2D eigenvalue weighted by Gasteiger charge is 2.25. The molecule has 330 valence electrons. The number of pyridine rings is 2. The molecule has 0 spiro atoms. The molecule has 5 aromatic carbocycles. The maximum absolute atomic E-state index is 5.12. The van der Waals surface area contributed by atoms with Crippen molar-refractivity contribution in [3.05, 3.63) is 212 Å². The number of anilines is 8. The third-order valence-electron chi connectivity index (χ3n) is 13.3. The van der Waals surface area contributed by atoms with Crippen LogP contribution in [0.15, 0.2) is 189 Å². The number of aromatic nitrogens is 3. The van der Waals surface area contributed by atoms with Crippen molar-refractivity contribution >= 4 is 67.6 Å². The van der Waals surface area contributed by atoms with Crippen LogP contribution in [0.1, 0.15) is 22.3 Å². The van der Waals surface area contributed by atoms with Crippen molar-refractivity contribution in [1.29, 1.82) is 0 Å². The predicted octanol–water partition coefficient (Wildman–Crippen LogP) is 11.8. The Hall–Kier alpha value is -8.44. The SMILES string of the molecule is Cc1ccc(N2C=CN(c3cc(N4C=CN(c5ccc(C)cc5)C4)cc(-n4c5cc(N6C=CN(c7ccc(C)cc7)C6)ncc5c5cnc(N6C=CN(c7ccc(C)cc7)C6)cc54)c3)C2)cc1. The average molecular weight is 878 g/mol. The Labute approximate surface area is 391 Å². The van der Waals surface area contributed by atoms with Crippen molar-refractivity contribution in [1.82, 2.24) is 14.5 Å². The summed E-state index contributed by atoms with van der Waals surface area (Å²) in [4.78, 5) is 28.4. The molecular formula is C56H51N11. The summed E-state index contributed by atoms with van der Waals surface area (Å²) in [6, 6.07) is 46.3. The molecule has 4 aliphatic heterocycles. The summed E-state index contributed by atoms with van der Waals surface area (Å²) < 4.78 is 2.41. The van der Waals surface area contributed by atoms with Gasteiger partial charge in [-0.05, 0) is 94.4 Å². The Morgan fingerprint density at radius 1 is 0.299 bits per heavy atom. The average Bonchev–Trinajstić information content (AvgIpc) is 4.22. The molecule has 0 N–H and O–H groups in total. The van der Waals surface area contributed by atoms with Crippen molar-refractivity contribution in [2.45, 2.75) is 27.7 Å². The maximum Gasteiger partial charge on any atom is 0.136 e. The summed E-state index contributed by atoms with van der Waals surface area (Å²) in [5, 5.41) is 2.08. The third-order valence-corrected chi connectivity index (χ3v) is 13.3. The number of aryl methyl sites for hydroxylation is 4. The van der Waals surface area contributed by atoms with E-state index >= 15 is 0 Å². The summed E-state index contributed by atoms with van der Waals surface area (Å²) in [7, 11) is 0. The number of hydrogen-bond donors (Lipinski definition) is 0. The van der Waals surface area contributed by atoms with Gasteiger partial charge in [0.15, 0.2) is 0 Å². The minimum Gasteiger partial charge on any atom is -0.328 e. The fraction of sp³-hybridized carbons (Fsp3) is 0.143. The molecule has 11 heteroatoms. The van der Waals surface area contributed by atoms with E-state index in [-0.39, 0.29) is 0 Å². The summed E-state index contributed by atoms with van der Waals surface area (Å²) in [5.74, 6) is 1.74. The lowest BCUT2D eigenvalue weighted by Gasteiger charge is -2.26. The minimum absolute atomic E-state index is 0.656. The van der Waals surface area contributed by atoms with Gasteiger partial charge in [0, 0.05) is 119 Å². The van der Waals surface area contributed by atoms with Gasteiger partial charge in [0.25, 0.3) is 0 Å². The second-order valence-corrected chi connectivity index (χ2v) is 18.0. The Morgan fingerprint density at radius 2 is 0.567 bits per heavy atom. The highest BCUT2D eigenvalue weighted by Crippen LogP contribution is 2.40. The van der Waals surface area contributed by atoms with Gasteiger partial charge in [0.1, 0.15) is 25.0 Å². The van der Waals surface area contributed by atoms with E-state index in [1.165, 1.54) is 22.3 Å². The van der Waals surface area contributed by atoms with E-state index in [0.717, 1.165) is 73.3 Å². The van der Waals surface area contributed by atoms with Gasteiger partial charge in [-0.2, -0.15) is 0 Å². The zero-order chi connectivity index (χ0) is 45.2. The van der Waals surface area contributed by atoms with Crippen molar-refractivity contribution in [2.24, 2.45) is 0 Å². The molecule has 3 aromatic heterocycles. The number of nitrogens with zero attached hydrogens (tertiary/aromatic N) is 11. The standard InChI is InChI=1S/C56H51N11/c1-40-5-13-44(14-6-40)59-21-23-63(36-59)48-29-49(64-24-22-60(37-64)45-15-7-41(2)8-16-45)31-50(30-48)67-53-32-55(65-27-25-61(38-65)46-17-9-42(3)10-18-46)57-34-51(53)52-35-58-56(33-54(52)67)66-28-26-62(39-66)47-19-11-43(4)12-20-47/h5-35H,36-39H2,1-4H3. The van der Waals surface area contributed by atoms with Crippen LogP contribution in [0.3, 0.4) is 0 Å². The van der Waals surface area contributed by atoms with Gasteiger partial charge in [-0.1, -0.05) is 70.8 Å². The molecule has 67 heavy (non-hydrogen) atoms. The molecule has 8 aromatic rings. The highest BCUT2D eigenvalue weighted by atomic mass is 15.4. The van der Waals surface area contributed by atoms with E-state index < -0.39 is 0 Å². The molecule has 11 nitrogen and oxygen atoms in total. The van der Waals surface area contributed by atoms with E-state index in [1.807, 2.05) is 12.4 Å². The van der Waals surface area contributed by atoms with Crippen LogP contribution >= 0.6 is 0 Å². The first kappa shape index (κ1) is 40.1. The normalized spacial score (nSPS) is 15.6. The van der Waals surface area contributed by atoms with E-state index in [9.17, 15) is 0 Å². The summed E-state index contributed by atoms with van der Waals surface area (Å²) in [6.45, 7) is 11.2. The van der Waals surface area contributed by atoms with Gasteiger partial charge in [0.2, 0.25) is 0 Å². The molecule has 0 amide bonds. The lowest BCUT2D eigenvalue weighted by molar-refractivity contribution is 0.952. The Morgan fingerprint density at radius 3 is 0.896 bits per heavy atom. The fourth-order valence-corrected chi connectivity index (χ4v) is 9.34. The van der Waals surface area contributed by atoms with Crippen LogP contribution in [0.2, 0.25) is 0 Å². The zero-order valence-electron chi connectivity index (χ0n) is 38.1. The van der Waals surface area contributed by atoms with Gasteiger partial charge in [0.05, 0.1) is 30.1 Å². The molecule has 0 saturated heterocycles. The number of fused-ring (bicyclic) bond motifs is 3. The van der Waals surface area contributed by atoms with Gasteiger partial charge in [-0.15, -0.1) is 0 Å². The molecule has 12 rings (SSSR count). The van der Waals surface area contributed by atoms with Crippen LogP contribution in [0.25, 0.3) is 27.5 Å². The van der Waals surface area contributed by atoms with Gasteiger partial charge < -0.3 is 43.8 Å². The van der Waals surface area contributed by atoms with Gasteiger partial charge in [-0.3, -0.25) is 0 Å². The molecule has 0 radical (unpaired) electrons. The first-order chi connectivity index (χ1) is 32.8. The molecule has 0 unspecified atom stereocenters. The van der Waals surface area contributed by atoms with Crippen molar-refractivity contribution in [2.75, 3.05) is 65.9 Å².